The van der Waals surface area contributed by atoms with E-state index in [1.807, 2.05) is 12.1 Å². The van der Waals surface area contributed by atoms with Crippen LogP contribution >= 0.6 is 23.2 Å². The van der Waals surface area contributed by atoms with Crippen molar-refractivity contribution < 1.29 is 4.74 Å². The molecule has 4 rings (SSSR count). The van der Waals surface area contributed by atoms with Gasteiger partial charge >= 0.3 is 0 Å². The van der Waals surface area contributed by atoms with Gasteiger partial charge in [-0.3, -0.25) is 0 Å². The lowest BCUT2D eigenvalue weighted by Crippen LogP contribution is -2.39. The monoisotopic (exact) mass is 349 g/mol. The number of H-pyrrole nitrogens is 1. The fourth-order valence-electron chi connectivity index (χ4n) is 2.75. The molecule has 6 nitrogen and oxygen atoms in total. The van der Waals surface area contributed by atoms with Crippen LogP contribution in [0.1, 0.15) is 11.7 Å². The summed E-state index contributed by atoms with van der Waals surface area (Å²) in [5.41, 5.74) is 2.49. The summed E-state index contributed by atoms with van der Waals surface area (Å²) < 4.78 is 5.89. The number of hydrogen-bond acceptors (Lipinski definition) is 5. The minimum atomic E-state index is -0.0912. The summed E-state index contributed by atoms with van der Waals surface area (Å²) in [6, 6.07) is 5.58. The Morgan fingerprint density at radius 1 is 1.17 bits per heavy atom. The molecule has 3 aromatic rings. The van der Waals surface area contributed by atoms with Crippen LogP contribution in [0.5, 0.6) is 0 Å². The van der Waals surface area contributed by atoms with Crippen molar-refractivity contribution in [2.24, 2.45) is 0 Å². The van der Waals surface area contributed by atoms with E-state index in [1.54, 1.807) is 12.4 Å². The van der Waals surface area contributed by atoms with Gasteiger partial charge in [-0.2, -0.15) is 0 Å². The van der Waals surface area contributed by atoms with Crippen molar-refractivity contribution in [2.45, 2.75) is 6.10 Å². The van der Waals surface area contributed by atoms with E-state index < -0.39 is 0 Å². The fourth-order valence-corrected chi connectivity index (χ4v) is 3.05. The molecule has 1 aliphatic heterocycles. The number of morpholine rings is 1. The molecule has 23 heavy (non-hydrogen) atoms. The van der Waals surface area contributed by atoms with Gasteiger partial charge in [-0.05, 0) is 17.7 Å². The summed E-state index contributed by atoms with van der Waals surface area (Å²) >= 11 is 12.1. The van der Waals surface area contributed by atoms with E-state index >= 15 is 0 Å². The van der Waals surface area contributed by atoms with E-state index in [4.69, 9.17) is 27.9 Å². The second-order valence-corrected chi connectivity index (χ2v) is 6.09. The smallest absolute Gasteiger partial charge is 0.182 e. The van der Waals surface area contributed by atoms with Crippen LogP contribution in [0.25, 0.3) is 11.2 Å². The third-order valence-corrected chi connectivity index (χ3v) is 4.62. The van der Waals surface area contributed by atoms with Crippen molar-refractivity contribution in [1.29, 1.82) is 0 Å². The number of benzene rings is 1. The molecule has 0 amide bonds. The first-order chi connectivity index (χ1) is 11.2. The third-order valence-electron chi connectivity index (χ3n) is 3.88. The third kappa shape index (κ3) is 2.73. The van der Waals surface area contributed by atoms with E-state index in [1.165, 1.54) is 6.33 Å². The van der Waals surface area contributed by atoms with Crippen molar-refractivity contribution in [3.63, 3.8) is 0 Å². The Morgan fingerprint density at radius 3 is 2.96 bits per heavy atom. The van der Waals surface area contributed by atoms with Gasteiger partial charge in [-0.15, -0.1) is 0 Å². The Labute approximate surface area is 142 Å². The lowest BCUT2D eigenvalue weighted by molar-refractivity contribution is 0.0396. The Balaban J connectivity index is 1.64. The van der Waals surface area contributed by atoms with Crippen LogP contribution in [0.3, 0.4) is 0 Å². The number of nitrogens with one attached hydrogen (secondary N) is 1. The molecule has 0 bridgehead atoms. The maximum atomic E-state index is 6.11. The number of fused-ring (bicyclic) bond motifs is 1. The van der Waals surface area contributed by atoms with Crippen molar-refractivity contribution in [1.82, 2.24) is 19.9 Å². The minimum Gasteiger partial charge on any atom is -0.370 e. The average Bonchev–Trinajstić information content (AvgIpc) is 3.06. The van der Waals surface area contributed by atoms with Gasteiger partial charge in [0.1, 0.15) is 17.9 Å². The quantitative estimate of drug-likeness (QED) is 0.769. The normalized spacial score (nSPS) is 18.5. The van der Waals surface area contributed by atoms with Gasteiger partial charge in [0.25, 0.3) is 0 Å². The van der Waals surface area contributed by atoms with Gasteiger partial charge in [-0.25, -0.2) is 15.0 Å². The molecule has 8 heteroatoms. The molecule has 1 atom stereocenters. The first kappa shape index (κ1) is 14.7. The zero-order valence-corrected chi connectivity index (χ0v) is 13.6. The zero-order chi connectivity index (χ0) is 15.8. The highest BCUT2D eigenvalue weighted by Crippen LogP contribution is 2.31. The highest BCUT2D eigenvalue weighted by atomic mass is 35.5. The van der Waals surface area contributed by atoms with Crippen molar-refractivity contribution in [2.75, 3.05) is 24.6 Å². The zero-order valence-electron chi connectivity index (χ0n) is 12.0. The SMILES string of the molecule is Clc1ccc([C@H]2CN(c3ncnc4nc[nH]c34)CCO2)cc1Cl. The molecule has 1 aliphatic rings. The van der Waals surface area contributed by atoms with Crippen LogP contribution < -0.4 is 4.90 Å². The van der Waals surface area contributed by atoms with Crippen molar-refractivity contribution >= 4 is 40.2 Å². The molecule has 0 radical (unpaired) electrons. The summed E-state index contributed by atoms with van der Waals surface area (Å²) in [5.74, 6) is 0.834. The molecule has 0 unspecified atom stereocenters. The molecule has 1 aromatic carbocycles. The number of aromatic nitrogens is 4. The molecule has 0 saturated carbocycles. The Hall–Kier alpha value is -1.89. The predicted molar refractivity (Wildman–Crippen MR) is 89.1 cm³/mol. The number of halogens is 2. The molecule has 1 N–H and O–H groups in total. The molecular weight excluding hydrogens is 337 g/mol. The lowest BCUT2D eigenvalue weighted by Gasteiger charge is -2.34. The number of nitrogens with zero attached hydrogens (tertiary/aromatic N) is 4. The maximum Gasteiger partial charge on any atom is 0.182 e. The van der Waals surface area contributed by atoms with E-state index in [-0.39, 0.29) is 6.10 Å². The Bertz CT molecular complexity index is 853. The molecule has 0 spiro atoms. The summed E-state index contributed by atoms with van der Waals surface area (Å²) in [5, 5.41) is 1.07. The van der Waals surface area contributed by atoms with Gasteiger partial charge in [0.05, 0.1) is 23.0 Å². The molecule has 3 heterocycles. The van der Waals surface area contributed by atoms with Gasteiger partial charge in [-0.1, -0.05) is 29.3 Å². The average molecular weight is 350 g/mol. The van der Waals surface area contributed by atoms with Gasteiger partial charge in [0.15, 0.2) is 11.5 Å². The van der Waals surface area contributed by atoms with Crippen molar-refractivity contribution in [3.05, 3.63) is 46.5 Å². The number of rotatable bonds is 2. The molecule has 1 fully saturated rings. The summed E-state index contributed by atoms with van der Waals surface area (Å²) in [4.78, 5) is 18.0. The van der Waals surface area contributed by atoms with E-state index in [2.05, 4.69) is 24.8 Å². The Morgan fingerprint density at radius 2 is 2.09 bits per heavy atom. The second kappa shape index (κ2) is 5.96. The van der Waals surface area contributed by atoms with Crippen LogP contribution in [-0.2, 0) is 4.74 Å². The Kier molecular flexibility index (Phi) is 3.80. The largest absolute Gasteiger partial charge is 0.370 e. The van der Waals surface area contributed by atoms with Gasteiger partial charge in [0, 0.05) is 13.1 Å². The van der Waals surface area contributed by atoms with Crippen LogP contribution in [0.2, 0.25) is 10.0 Å². The first-order valence-electron chi connectivity index (χ1n) is 7.18. The number of anilines is 1. The van der Waals surface area contributed by atoms with E-state index in [0.717, 1.165) is 23.4 Å². The summed E-state index contributed by atoms with van der Waals surface area (Å²) in [7, 11) is 0. The number of ether oxygens (including phenoxy) is 1. The van der Waals surface area contributed by atoms with E-state index in [0.29, 0.717) is 28.8 Å². The van der Waals surface area contributed by atoms with Gasteiger partial charge in [0.2, 0.25) is 0 Å². The van der Waals surface area contributed by atoms with Gasteiger partial charge < -0.3 is 14.6 Å². The predicted octanol–water partition coefficient (Wildman–Crippen LogP) is 3.24. The van der Waals surface area contributed by atoms with Crippen LogP contribution in [0, 0.1) is 0 Å². The van der Waals surface area contributed by atoms with E-state index in [9.17, 15) is 0 Å². The topological polar surface area (TPSA) is 66.9 Å². The van der Waals surface area contributed by atoms with Crippen LogP contribution in [-0.4, -0.2) is 39.6 Å². The number of hydrogen-bond donors (Lipinski definition) is 1. The highest BCUT2D eigenvalue weighted by molar-refractivity contribution is 6.42. The lowest BCUT2D eigenvalue weighted by atomic mass is 10.1. The second-order valence-electron chi connectivity index (χ2n) is 5.28. The summed E-state index contributed by atoms with van der Waals surface area (Å²) in [6.45, 7) is 2.02. The summed E-state index contributed by atoms with van der Waals surface area (Å²) in [6.07, 6.45) is 3.06. The molecule has 0 aliphatic carbocycles. The standard InChI is InChI=1S/C15H13Cl2N5O/c16-10-2-1-9(5-11(10)17)12-6-22(3-4-23-12)15-13-14(19-7-18-13)20-8-21-15/h1-2,5,7-8,12H,3-4,6H2,(H,18,19,20,21)/t12-/m1/s1. The molecule has 1 saturated heterocycles. The fraction of sp³-hybridized carbons (Fsp3) is 0.267. The number of imidazole rings is 1. The molecule has 2 aromatic heterocycles. The van der Waals surface area contributed by atoms with Crippen molar-refractivity contribution in [3.8, 4) is 0 Å². The molecular formula is C15H13Cl2N5O. The molecule has 118 valence electrons. The highest BCUT2D eigenvalue weighted by Gasteiger charge is 2.25. The number of aromatic amines is 1. The maximum absolute atomic E-state index is 6.11. The minimum absolute atomic E-state index is 0.0912. The first-order valence-corrected chi connectivity index (χ1v) is 7.93. The van der Waals surface area contributed by atoms with Crippen LogP contribution in [0.4, 0.5) is 5.82 Å². The van der Waals surface area contributed by atoms with Crippen LogP contribution in [0.15, 0.2) is 30.9 Å².